The highest BCUT2D eigenvalue weighted by Gasteiger charge is 2.31. The molecule has 5 nitrogen and oxygen atoms in total. The van der Waals surface area contributed by atoms with Crippen molar-refractivity contribution in [1.29, 1.82) is 0 Å². The molecule has 6 heteroatoms. The lowest BCUT2D eigenvalue weighted by Gasteiger charge is -2.27. The maximum Gasteiger partial charge on any atom is 0.184 e. The molecule has 24 heavy (non-hydrogen) atoms. The summed E-state index contributed by atoms with van der Waals surface area (Å²) in [6, 6.07) is 10.7. The molecule has 1 atom stereocenters. The van der Waals surface area contributed by atoms with Gasteiger partial charge < -0.3 is 14.2 Å². The van der Waals surface area contributed by atoms with Crippen molar-refractivity contribution in [2.24, 2.45) is 0 Å². The van der Waals surface area contributed by atoms with Crippen LogP contribution < -0.4 is 19.5 Å². The van der Waals surface area contributed by atoms with Crippen LogP contribution in [0.3, 0.4) is 0 Å². The first kappa shape index (κ1) is 18.1. The molecule has 128 valence electrons. The van der Waals surface area contributed by atoms with Crippen molar-refractivity contribution in [3.8, 4) is 17.2 Å². The fraction of sp³-hybridized carbons (Fsp3) is 0.278. The molecule has 2 aromatic carbocycles. The molecule has 0 saturated carbocycles. The Morgan fingerprint density at radius 1 is 0.958 bits per heavy atom. The van der Waals surface area contributed by atoms with Gasteiger partial charge in [-0.3, -0.25) is 10.1 Å². The number of hydrogen-bond acceptors (Lipinski definition) is 5. The normalized spacial score (nSPS) is 16.0. The fourth-order valence-electron chi connectivity index (χ4n) is 2.92. The summed E-state index contributed by atoms with van der Waals surface area (Å²) in [4.78, 5) is 12.8. The Hall–Kier alpha value is -2.24. The number of methoxy groups -OCH3 is 3. The van der Waals surface area contributed by atoms with Crippen LogP contribution in [0.4, 0.5) is 0 Å². The third-order valence-corrected chi connectivity index (χ3v) is 4.11. The summed E-state index contributed by atoms with van der Waals surface area (Å²) < 4.78 is 15.9. The Morgan fingerprint density at radius 2 is 1.67 bits per heavy atom. The molecule has 1 N–H and O–H groups in total. The van der Waals surface area contributed by atoms with E-state index >= 15 is 0 Å². The number of carbonyl (C=O) groups excluding carboxylic acids is 1. The topological polar surface area (TPSA) is 56.8 Å². The lowest BCUT2D eigenvalue weighted by molar-refractivity contribution is 0.0929. The number of Topliss-reactive ketones (excluding diaryl/α,β-unsaturated/α-hetero) is 1. The third-order valence-electron chi connectivity index (χ3n) is 4.11. The van der Waals surface area contributed by atoms with Crippen LogP contribution in [0.25, 0.3) is 0 Å². The molecular formula is C18H20ClNO4. The molecule has 0 saturated heterocycles. The lowest BCUT2D eigenvalue weighted by Crippen LogP contribution is -2.34. The molecule has 0 amide bonds. The molecule has 1 unspecified atom stereocenters. The van der Waals surface area contributed by atoms with E-state index in [1.165, 1.54) is 0 Å². The van der Waals surface area contributed by atoms with Gasteiger partial charge in [-0.15, -0.1) is 12.4 Å². The van der Waals surface area contributed by atoms with Crippen LogP contribution in [0.15, 0.2) is 36.4 Å². The number of hydrogen-bond donors (Lipinski definition) is 1. The van der Waals surface area contributed by atoms with Crippen LogP contribution in [0.1, 0.15) is 27.5 Å². The van der Waals surface area contributed by atoms with E-state index in [1.54, 1.807) is 33.5 Å². The summed E-state index contributed by atoms with van der Waals surface area (Å²) in [7, 11) is 4.79. The smallest absolute Gasteiger partial charge is 0.184 e. The van der Waals surface area contributed by atoms with Gasteiger partial charge >= 0.3 is 0 Å². The van der Waals surface area contributed by atoms with Crippen molar-refractivity contribution in [3.63, 3.8) is 0 Å². The number of nitrogens with one attached hydrogen (secondary N) is 1. The summed E-state index contributed by atoms with van der Waals surface area (Å²) in [5.41, 5.74) is 2.42. The van der Waals surface area contributed by atoms with Crippen molar-refractivity contribution in [3.05, 3.63) is 53.1 Å². The Kier molecular flexibility index (Phi) is 5.70. The van der Waals surface area contributed by atoms with E-state index in [-0.39, 0.29) is 24.2 Å². The van der Waals surface area contributed by atoms with Crippen molar-refractivity contribution >= 4 is 18.2 Å². The molecule has 0 bridgehead atoms. The van der Waals surface area contributed by atoms with E-state index in [9.17, 15) is 4.79 Å². The third kappa shape index (κ3) is 3.05. The molecule has 0 radical (unpaired) electrons. The Morgan fingerprint density at radius 3 is 2.25 bits per heavy atom. The van der Waals surface area contributed by atoms with E-state index in [0.29, 0.717) is 23.6 Å². The number of halogens is 1. The molecule has 1 aliphatic rings. The second kappa shape index (κ2) is 7.55. The first-order valence-electron chi connectivity index (χ1n) is 7.35. The molecule has 2 aromatic rings. The van der Waals surface area contributed by atoms with Gasteiger partial charge in [0.15, 0.2) is 17.3 Å². The minimum absolute atomic E-state index is 0. The maximum atomic E-state index is 12.8. The summed E-state index contributed by atoms with van der Waals surface area (Å²) in [6.45, 7) is 0.540. The SMILES string of the molecule is COc1ccc(C2NCc3c(ccc(OC)c3OC)C2=O)cc1.Cl. The standard InChI is InChI=1S/C18H19NO4.ClH/c1-21-12-6-4-11(5-7-12)16-17(20)13-8-9-15(22-2)18(23-3)14(13)10-19-16;/h4-9,16,19H,10H2,1-3H3;1H. The van der Waals surface area contributed by atoms with Gasteiger partial charge in [0.1, 0.15) is 5.75 Å². The van der Waals surface area contributed by atoms with Gasteiger partial charge in [0.25, 0.3) is 0 Å². The first-order chi connectivity index (χ1) is 11.2. The van der Waals surface area contributed by atoms with Gasteiger partial charge in [-0.1, -0.05) is 12.1 Å². The quantitative estimate of drug-likeness (QED) is 0.918. The number of rotatable bonds is 4. The van der Waals surface area contributed by atoms with E-state index < -0.39 is 0 Å². The fourth-order valence-corrected chi connectivity index (χ4v) is 2.92. The van der Waals surface area contributed by atoms with Crippen LogP contribution in [-0.2, 0) is 6.54 Å². The van der Waals surface area contributed by atoms with Crippen LogP contribution in [-0.4, -0.2) is 27.1 Å². The predicted molar refractivity (Wildman–Crippen MR) is 93.7 cm³/mol. The van der Waals surface area contributed by atoms with Gasteiger partial charge in [0, 0.05) is 17.7 Å². The van der Waals surface area contributed by atoms with Crippen LogP contribution >= 0.6 is 12.4 Å². The molecule has 0 aromatic heterocycles. The maximum absolute atomic E-state index is 12.8. The largest absolute Gasteiger partial charge is 0.497 e. The zero-order valence-corrected chi connectivity index (χ0v) is 14.6. The highest BCUT2D eigenvalue weighted by Crippen LogP contribution is 2.37. The average Bonchev–Trinajstić information content (AvgIpc) is 2.61. The summed E-state index contributed by atoms with van der Waals surface area (Å²) >= 11 is 0. The second-order valence-electron chi connectivity index (χ2n) is 5.28. The summed E-state index contributed by atoms with van der Waals surface area (Å²) in [5, 5.41) is 3.28. The number of ketones is 1. The number of ether oxygens (including phenoxy) is 3. The number of carbonyl (C=O) groups is 1. The Bertz CT molecular complexity index is 731. The second-order valence-corrected chi connectivity index (χ2v) is 5.28. The molecular weight excluding hydrogens is 330 g/mol. The molecule has 1 aliphatic heterocycles. The molecule has 3 rings (SSSR count). The first-order valence-corrected chi connectivity index (χ1v) is 7.35. The minimum atomic E-state index is -0.369. The van der Waals surface area contributed by atoms with Crippen molar-refractivity contribution in [2.45, 2.75) is 12.6 Å². The van der Waals surface area contributed by atoms with Gasteiger partial charge in [-0.25, -0.2) is 0 Å². The van der Waals surface area contributed by atoms with Gasteiger partial charge in [-0.2, -0.15) is 0 Å². The average molecular weight is 350 g/mol. The molecule has 0 aliphatic carbocycles. The molecule has 1 heterocycles. The van der Waals surface area contributed by atoms with Crippen molar-refractivity contribution in [1.82, 2.24) is 5.32 Å². The highest BCUT2D eigenvalue weighted by atomic mass is 35.5. The number of benzene rings is 2. The van der Waals surface area contributed by atoms with Crippen molar-refractivity contribution in [2.75, 3.05) is 21.3 Å². The van der Waals surface area contributed by atoms with Crippen LogP contribution in [0.5, 0.6) is 17.2 Å². The van der Waals surface area contributed by atoms with Gasteiger partial charge in [0.05, 0.1) is 27.4 Å². The Balaban J connectivity index is 0.00000208. The minimum Gasteiger partial charge on any atom is -0.497 e. The summed E-state index contributed by atoms with van der Waals surface area (Å²) in [5.74, 6) is 2.03. The van der Waals surface area contributed by atoms with Crippen LogP contribution in [0, 0.1) is 0 Å². The van der Waals surface area contributed by atoms with Crippen LogP contribution in [0.2, 0.25) is 0 Å². The monoisotopic (exact) mass is 349 g/mol. The van der Waals surface area contributed by atoms with E-state index in [0.717, 1.165) is 16.9 Å². The van der Waals surface area contributed by atoms with E-state index in [4.69, 9.17) is 14.2 Å². The highest BCUT2D eigenvalue weighted by molar-refractivity contribution is 6.03. The lowest BCUT2D eigenvalue weighted by atomic mass is 9.89. The Labute approximate surface area is 147 Å². The van der Waals surface area contributed by atoms with E-state index in [2.05, 4.69) is 5.32 Å². The zero-order valence-electron chi connectivity index (χ0n) is 13.8. The van der Waals surface area contributed by atoms with Crippen molar-refractivity contribution < 1.29 is 19.0 Å². The predicted octanol–water partition coefficient (Wildman–Crippen LogP) is 3.16. The number of fused-ring (bicyclic) bond motifs is 1. The van der Waals surface area contributed by atoms with E-state index in [1.807, 2.05) is 24.3 Å². The molecule has 0 fully saturated rings. The summed E-state index contributed by atoms with van der Waals surface area (Å²) in [6.07, 6.45) is 0. The zero-order chi connectivity index (χ0) is 16.4. The van der Waals surface area contributed by atoms with Gasteiger partial charge in [0.2, 0.25) is 0 Å². The molecule has 0 spiro atoms. The van der Waals surface area contributed by atoms with Gasteiger partial charge in [-0.05, 0) is 29.8 Å².